The lowest BCUT2D eigenvalue weighted by Gasteiger charge is -2.26. The van der Waals surface area contributed by atoms with Gasteiger partial charge in [0.1, 0.15) is 28.9 Å². The van der Waals surface area contributed by atoms with Gasteiger partial charge >= 0.3 is 0 Å². The number of carbonyl (C=O) groups is 1. The summed E-state index contributed by atoms with van der Waals surface area (Å²) < 4.78 is 25.6. The van der Waals surface area contributed by atoms with Crippen LogP contribution in [0.15, 0.2) is 45.1 Å². The van der Waals surface area contributed by atoms with Crippen LogP contribution < -0.4 is 20.7 Å². The molecule has 2 atom stereocenters. The molecule has 3 aliphatic rings. The lowest BCUT2D eigenvalue weighted by molar-refractivity contribution is -0.116. The number of thioether (sulfide) groups is 1. The highest BCUT2D eigenvalue weighted by molar-refractivity contribution is 8.05. The van der Waals surface area contributed by atoms with Crippen molar-refractivity contribution in [1.29, 1.82) is 0 Å². The third kappa shape index (κ3) is 5.92. The molecule has 0 spiro atoms. The van der Waals surface area contributed by atoms with E-state index in [-0.39, 0.29) is 23.2 Å². The Labute approximate surface area is 204 Å². The molecule has 1 aromatic rings. The number of fused-ring (bicyclic) bond motifs is 1. The minimum atomic E-state index is -0.369. The second kappa shape index (κ2) is 11.2. The second-order valence-electron chi connectivity index (χ2n) is 8.77. The topological polar surface area (TPSA) is 87.2 Å². The van der Waals surface area contributed by atoms with E-state index in [0.29, 0.717) is 35.3 Å². The van der Waals surface area contributed by atoms with Gasteiger partial charge in [-0.1, -0.05) is 11.8 Å². The maximum absolute atomic E-state index is 14.0. The van der Waals surface area contributed by atoms with Crippen LogP contribution in [0.4, 0.5) is 10.1 Å². The van der Waals surface area contributed by atoms with E-state index < -0.39 is 0 Å². The first-order valence-electron chi connectivity index (χ1n) is 11.6. The first-order valence-corrected chi connectivity index (χ1v) is 12.4. The highest BCUT2D eigenvalue weighted by atomic mass is 32.2. The summed E-state index contributed by atoms with van der Waals surface area (Å²) in [4.78, 5) is 20.1. The Morgan fingerprint density at radius 2 is 2.26 bits per heavy atom. The molecule has 3 heterocycles. The van der Waals surface area contributed by atoms with E-state index in [4.69, 9.17) is 9.47 Å². The van der Waals surface area contributed by atoms with Crippen LogP contribution in [0.2, 0.25) is 0 Å². The lowest BCUT2D eigenvalue weighted by atomic mass is 10.1. The van der Waals surface area contributed by atoms with Gasteiger partial charge in [0.15, 0.2) is 0 Å². The van der Waals surface area contributed by atoms with Crippen LogP contribution in [-0.4, -0.2) is 69.0 Å². The Morgan fingerprint density at radius 1 is 1.41 bits per heavy atom. The van der Waals surface area contributed by atoms with Crippen LogP contribution in [0.3, 0.4) is 0 Å². The number of nitrogens with one attached hydrogen (secondary N) is 3. The Hall–Kier alpha value is -2.56. The number of amides is 1. The third-order valence-corrected chi connectivity index (χ3v) is 7.11. The summed E-state index contributed by atoms with van der Waals surface area (Å²) in [5.74, 6) is 0.680. The zero-order valence-corrected chi connectivity index (χ0v) is 20.6. The average Bonchev–Trinajstić information content (AvgIpc) is 3.16. The number of benzene rings is 1. The minimum Gasteiger partial charge on any atom is -0.486 e. The van der Waals surface area contributed by atoms with Crippen molar-refractivity contribution in [3.8, 4) is 5.75 Å². The summed E-state index contributed by atoms with van der Waals surface area (Å²) in [7, 11) is 4.02. The number of nitrogens with zero attached hydrogens (tertiary/aromatic N) is 2. The van der Waals surface area contributed by atoms with E-state index in [1.54, 1.807) is 12.4 Å². The number of hydrogen-bond acceptors (Lipinski definition) is 8. The van der Waals surface area contributed by atoms with Gasteiger partial charge in [-0.15, -0.1) is 0 Å². The molecule has 1 amide bonds. The fraction of sp³-hybridized carbons (Fsp3) is 0.500. The van der Waals surface area contributed by atoms with Crippen molar-refractivity contribution in [1.82, 2.24) is 15.5 Å². The van der Waals surface area contributed by atoms with E-state index >= 15 is 0 Å². The summed E-state index contributed by atoms with van der Waals surface area (Å²) in [6, 6.07) is 4.43. The van der Waals surface area contributed by atoms with Crippen molar-refractivity contribution in [2.75, 3.05) is 45.7 Å². The maximum Gasteiger partial charge on any atom is 0.258 e. The fourth-order valence-electron chi connectivity index (χ4n) is 4.05. The standard InChI is InChI=1S/C24H32FN5O3S/c1-15-20-22(27-14-28-24(20)34-21(15)23(31)26-9-5-10-30(2)3)29-18-8-7-16(25)12-19(18)33-17-6-4-11-32-13-17/h7-8,12,14,17,24,29H,4-6,9-11,13H2,1-3H3,(H,26,31)(H,27,28). The van der Waals surface area contributed by atoms with Crippen LogP contribution in [0.5, 0.6) is 5.75 Å². The molecule has 0 aromatic heterocycles. The maximum atomic E-state index is 14.0. The molecule has 0 aliphatic carbocycles. The van der Waals surface area contributed by atoms with E-state index in [1.165, 1.54) is 23.9 Å². The van der Waals surface area contributed by atoms with Gasteiger partial charge in [0.05, 0.1) is 23.5 Å². The SMILES string of the molecule is CC1=C(C(=O)NCCCN(C)C)SC2N=CNC(Nc3ccc(F)cc3OC3CCCOC3)=C12. The molecule has 1 saturated heterocycles. The summed E-state index contributed by atoms with van der Waals surface area (Å²) in [5.41, 5.74) is 2.41. The Kier molecular flexibility index (Phi) is 8.12. The fourth-order valence-corrected chi connectivity index (χ4v) is 5.27. The smallest absolute Gasteiger partial charge is 0.258 e. The van der Waals surface area contributed by atoms with Gasteiger partial charge in [0.2, 0.25) is 0 Å². The molecule has 1 fully saturated rings. The number of hydrogen-bond donors (Lipinski definition) is 3. The Morgan fingerprint density at radius 3 is 3.03 bits per heavy atom. The van der Waals surface area contributed by atoms with Gasteiger partial charge in [0, 0.05) is 24.8 Å². The van der Waals surface area contributed by atoms with E-state index in [0.717, 1.165) is 43.6 Å². The Balaban J connectivity index is 1.52. The van der Waals surface area contributed by atoms with Gasteiger partial charge in [0.25, 0.3) is 5.91 Å². The van der Waals surface area contributed by atoms with Crippen molar-refractivity contribution >= 4 is 29.7 Å². The number of ether oxygens (including phenoxy) is 2. The lowest BCUT2D eigenvalue weighted by Crippen LogP contribution is -2.29. The van der Waals surface area contributed by atoms with Crippen molar-refractivity contribution in [3.63, 3.8) is 0 Å². The number of halogens is 1. The molecule has 34 heavy (non-hydrogen) atoms. The molecule has 0 radical (unpaired) electrons. The van der Waals surface area contributed by atoms with Gasteiger partial charge in [-0.2, -0.15) is 0 Å². The predicted molar refractivity (Wildman–Crippen MR) is 133 cm³/mol. The zero-order chi connectivity index (χ0) is 24.1. The van der Waals surface area contributed by atoms with Gasteiger partial charge in [-0.3, -0.25) is 9.79 Å². The number of rotatable bonds is 9. The largest absolute Gasteiger partial charge is 0.486 e. The molecule has 184 valence electrons. The molecule has 1 aromatic carbocycles. The molecule has 4 rings (SSSR count). The second-order valence-corrected chi connectivity index (χ2v) is 9.86. The molecule has 0 saturated carbocycles. The first kappa shape index (κ1) is 24.6. The van der Waals surface area contributed by atoms with Crippen molar-refractivity contribution in [2.45, 2.75) is 37.7 Å². The quantitative estimate of drug-likeness (QED) is 0.460. The number of carbonyl (C=O) groups excluding carboxylic acids is 1. The molecule has 8 nitrogen and oxygen atoms in total. The molecule has 2 unspecified atom stereocenters. The highest BCUT2D eigenvalue weighted by Gasteiger charge is 2.35. The van der Waals surface area contributed by atoms with Crippen molar-refractivity contribution in [3.05, 3.63) is 45.9 Å². The van der Waals surface area contributed by atoms with Crippen LogP contribution in [0.1, 0.15) is 26.2 Å². The number of aliphatic imine (C=N–C) groups is 1. The Bertz CT molecular complexity index is 1000. The molecule has 0 bridgehead atoms. The first-order chi connectivity index (χ1) is 16.4. The molecule has 3 N–H and O–H groups in total. The van der Waals surface area contributed by atoms with Gasteiger partial charge in [-0.25, -0.2) is 4.39 Å². The highest BCUT2D eigenvalue weighted by Crippen LogP contribution is 2.44. The third-order valence-electron chi connectivity index (χ3n) is 5.80. The van der Waals surface area contributed by atoms with Crippen molar-refractivity contribution < 1.29 is 18.7 Å². The monoisotopic (exact) mass is 489 g/mol. The summed E-state index contributed by atoms with van der Waals surface area (Å²) >= 11 is 1.44. The van der Waals surface area contributed by atoms with E-state index in [1.807, 2.05) is 21.0 Å². The molecular weight excluding hydrogens is 457 g/mol. The van der Waals surface area contributed by atoms with Crippen LogP contribution in [0, 0.1) is 5.82 Å². The normalized spacial score (nSPS) is 22.0. The molecule has 10 heteroatoms. The van der Waals surface area contributed by atoms with Crippen LogP contribution in [0.25, 0.3) is 0 Å². The van der Waals surface area contributed by atoms with E-state index in [9.17, 15) is 9.18 Å². The summed E-state index contributed by atoms with van der Waals surface area (Å²) in [6.45, 7) is 4.68. The van der Waals surface area contributed by atoms with Gasteiger partial charge < -0.3 is 30.3 Å². The van der Waals surface area contributed by atoms with Gasteiger partial charge in [-0.05, 0) is 64.5 Å². The van der Waals surface area contributed by atoms with Crippen molar-refractivity contribution in [2.24, 2.45) is 4.99 Å². The average molecular weight is 490 g/mol. The van der Waals surface area contributed by atoms with Crippen LogP contribution >= 0.6 is 11.8 Å². The zero-order valence-electron chi connectivity index (χ0n) is 19.8. The summed E-state index contributed by atoms with van der Waals surface area (Å²) in [6.07, 6.45) is 4.16. The number of anilines is 1. The molecule has 3 aliphatic heterocycles. The predicted octanol–water partition coefficient (Wildman–Crippen LogP) is 3.05. The molecular formula is C24H32FN5O3S. The summed E-state index contributed by atoms with van der Waals surface area (Å²) in [5, 5.41) is 9.30. The minimum absolute atomic E-state index is 0.0826. The van der Waals surface area contributed by atoms with E-state index in [2.05, 4.69) is 25.8 Å². The van der Waals surface area contributed by atoms with Crippen LogP contribution in [-0.2, 0) is 9.53 Å².